The highest BCUT2D eigenvalue weighted by atomic mass is 127. The van der Waals surface area contributed by atoms with Gasteiger partial charge in [0.1, 0.15) is 12.7 Å². The number of nitrogens with zero attached hydrogens (tertiary/aromatic N) is 1. The molecule has 0 aromatic heterocycles. The molecule has 2 aliphatic rings. The smallest absolute Gasteiger partial charge is 0.191 e. The van der Waals surface area contributed by atoms with E-state index in [2.05, 4.69) is 15.6 Å². The molecule has 2 N–H and O–H groups in total. The lowest BCUT2D eigenvalue weighted by Crippen LogP contribution is -2.49. The summed E-state index contributed by atoms with van der Waals surface area (Å²) >= 11 is 0. The van der Waals surface area contributed by atoms with Gasteiger partial charge >= 0.3 is 0 Å². The van der Waals surface area contributed by atoms with Crippen LogP contribution in [0.3, 0.4) is 0 Å². The Hall–Kier alpha value is -1.03. The van der Waals surface area contributed by atoms with Gasteiger partial charge < -0.3 is 20.1 Å². The van der Waals surface area contributed by atoms with E-state index in [9.17, 15) is 4.21 Å². The first kappa shape index (κ1) is 22.3. The van der Waals surface area contributed by atoms with Crippen LogP contribution in [0.15, 0.2) is 29.3 Å². The third-order valence-electron chi connectivity index (χ3n) is 4.91. The highest BCUT2D eigenvalue weighted by molar-refractivity contribution is 14.0. The number of halogens is 1. The van der Waals surface area contributed by atoms with Crippen molar-refractivity contribution in [2.24, 2.45) is 4.99 Å². The predicted octanol–water partition coefficient (Wildman–Crippen LogP) is 2.69. The highest BCUT2D eigenvalue weighted by Gasteiger charge is 2.26. The largest absolute Gasteiger partial charge is 0.486 e. The maximum absolute atomic E-state index is 12.1. The molecular formula is C19H30IN3O3S. The molecule has 1 aromatic carbocycles. The van der Waals surface area contributed by atoms with E-state index in [-0.39, 0.29) is 30.1 Å². The molecule has 1 fully saturated rings. The van der Waals surface area contributed by atoms with Gasteiger partial charge in [-0.1, -0.05) is 25.5 Å². The van der Waals surface area contributed by atoms with Crippen molar-refractivity contribution in [3.8, 4) is 11.5 Å². The van der Waals surface area contributed by atoms with E-state index >= 15 is 0 Å². The van der Waals surface area contributed by atoms with Crippen LogP contribution in [-0.2, 0) is 10.8 Å². The molecule has 1 aliphatic heterocycles. The molecule has 4 unspecified atom stereocenters. The van der Waals surface area contributed by atoms with Gasteiger partial charge in [-0.25, -0.2) is 0 Å². The molecule has 0 saturated heterocycles. The lowest BCUT2D eigenvalue weighted by atomic mass is 9.95. The molecule has 4 atom stereocenters. The molecule has 1 aliphatic carbocycles. The number of guanidine groups is 1. The normalized spacial score (nSPS) is 25.9. The van der Waals surface area contributed by atoms with Crippen molar-refractivity contribution >= 4 is 40.7 Å². The molecule has 3 rings (SSSR count). The van der Waals surface area contributed by atoms with E-state index in [1.807, 2.05) is 31.2 Å². The number of hydrogen-bond donors (Lipinski definition) is 2. The van der Waals surface area contributed by atoms with Crippen molar-refractivity contribution in [1.82, 2.24) is 10.6 Å². The van der Waals surface area contributed by atoms with Crippen LogP contribution in [0.25, 0.3) is 0 Å². The summed E-state index contributed by atoms with van der Waals surface area (Å²) in [6.45, 7) is 3.13. The van der Waals surface area contributed by atoms with Crippen LogP contribution in [0, 0.1) is 0 Å². The number of aliphatic imine (C=N–C) groups is 1. The van der Waals surface area contributed by atoms with E-state index in [4.69, 9.17) is 9.47 Å². The molecule has 1 heterocycles. The SMILES string of the molecule is CCS(=O)C1CCCC(NC(=NC)NCC2COc3ccccc3O2)C1.I. The monoisotopic (exact) mass is 507 g/mol. The molecule has 152 valence electrons. The molecule has 1 saturated carbocycles. The Kier molecular flexibility index (Phi) is 9.14. The van der Waals surface area contributed by atoms with E-state index in [1.54, 1.807) is 7.05 Å². The first-order chi connectivity index (χ1) is 12.7. The van der Waals surface area contributed by atoms with Crippen LogP contribution in [0.4, 0.5) is 0 Å². The first-order valence-corrected chi connectivity index (χ1v) is 10.8. The Morgan fingerprint density at radius 2 is 2.07 bits per heavy atom. The summed E-state index contributed by atoms with van der Waals surface area (Å²) in [5, 5.41) is 7.12. The number of fused-ring (bicyclic) bond motifs is 1. The topological polar surface area (TPSA) is 72.0 Å². The van der Waals surface area contributed by atoms with Crippen molar-refractivity contribution in [3.05, 3.63) is 24.3 Å². The minimum Gasteiger partial charge on any atom is -0.486 e. The fourth-order valence-electron chi connectivity index (χ4n) is 3.51. The van der Waals surface area contributed by atoms with Crippen LogP contribution in [0.2, 0.25) is 0 Å². The maximum Gasteiger partial charge on any atom is 0.191 e. The van der Waals surface area contributed by atoms with Gasteiger partial charge in [0, 0.05) is 34.9 Å². The average Bonchev–Trinajstić information content (AvgIpc) is 2.70. The number of benzene rings is 1. The van der Waals surface area contributed by atoms with Crippen molar-refractivity contribution in [3.63, 3.8) is 0 Å². The van der Waals surface area contributed by atoms with Crippen LogP contribution >= 0.6 is 24.0 Å². The number of hydrogen-bond acceptors (Lipinski definition) is 4. The molecule has 0 spiro atoms. The van der Waals surface area contributed by atoms with E-state index in [1.165, 1.54) is 0 Å². The molecule has 6 nitrogen and oxygen atoms in total. The first-order valence-electron chi connectivity index (χ1n) is 9.42. The van der Waals surface area contributed by atoms with Gasteiger partial charge in [-0.05, 0) is 31.4 Å². The Morgan fingerprint density at radius 1 is 1.30 bits per heavy atom. The second-order valence-electron chi connectivity index (χ2n) is 6.75. The molecule has 0 amide bonds. The minimum absolute atomic E-state index is 0. The van der Waals surface area contributed by atoms with Gasteiger partial charge in [-0.3, -0.25) is 9.20 Å². The fraction of sp³-hybridized carbons (Fsp3) is 0.632. The molecule has 1 aromatic rings. The Bertz CT molecular complexity index is 659. The van der Waals surface area contributed by atoms with Gasteiger partial charge in [0.2, 0.25) is 0 Å². The Balaban J connectivity index is 0.00000261. The third kappa shape index (κ3) is 6.23. The van der Waals surface area contributed by atoms with Gasteiger partial charge in [0.25, 0.3) is 0 Å². The van der Waals surface area contributed by atoms with Crippen molar-refractivity contribution in [1.29, 1.82) is 0 Å². The van der Waals surface area contributed by atoms with Gasteiger partial charge in [0.15, 0.2) is 17.5 Å². The number of rotatable bonds is 5. The fourth-order valence-corrected chi connectivity index (χ4v) is 4.86. The van der Waals surface area contributed by atoms with Crippen LogP contribution < -0.4 is 20.1 Å². The minimum atomic E-state index is -0.716. The molecule has 0 radical (unpaired) electrons. The summed E-state index contributed by atoms with van der Waals surface area (Å²) in [7, 11) is 1.05. The lowest BCUT2D eigenvalue weighted by Gasteiger charge is -2.31. The Labute approximate surface area is 181 Å². The van der Waals surface area contributed by atoms with Gasteiger partial charge in [0.05, 0.1) is 6.54 Å². The second-order valence-corrected chi connectivity index (χ2v) is 8.76. The molecule has 27 heavy (non-hydrogen) atoms. The van der Waals surface area contributed by atoms with E-state index < -0.39 is 10.8 Å². The van der Waals surface area contributed by atoms with Crippen molar-refractivity contribution in [2.75, 3.05) is 26.0 Å². The van der Waals surface area contributed by atoms with Crippen LogP contribution in [-0.4, -0.2) is 53.5 Å². The van der Waals surface area contributed by atoms with Crippen LogP contribution in [0.1, 0.15) is 32.6 Å². The zero-order chi connectivity index (χ0) is 18.4. The lowest BCUT2D eigenvalue weighted by molar-refractivity contribution is 0.0935. The summed E-state index contributed by atoms with van der Waals surface area (Å²) in [5.41, 5.74) is 0. The number of para-hydroxylation sites is 2. The standard InChI is InChI=1S/C19H29N3O3S.HI/c1-3-26(23)16-8-6-7-14(11-16)22-19(20-2)21-12-15-13-24-17-9-4-5-10-18(17)25-15;/h4-5,9-10,14-16H,3,6-8,11-13H2,1-2H3,(H2,20,21,22);1H. The van der Waals surface area contributed by atoms with Gasteiger partial charge in [-0.15, -0.1) is 24.0 Å². The second kappa shape index (κ2) is 11.1. The summed E-state index contributed by atoms with van der Waals surface area (Å²) in [5.74, 6) is 3.08. The third-order valence-corrected chi connectivity index (χ3v) is 6.65. The summed E-state index contributed by atoms with van der Waals surface area (Å²) < 4.78 is 23.8. The van der Waals surface area contributed by atoms with E-state index in [0.717, 1.165) is 48.9 Å². The zero-order valence-corrected chi connectivity index (χ0v) is 19.1. The van der Waals surface area contributed by atoms with Crippen molar-refractivity contribution in [2.45, 2.75) is 50.0 Å². The van der Waals surface area contributed by atoms with Crippen LogP contribution in [0.5, 0.6) is 11.5 Å². The Morgan fingerprint density at radius 3 is 2.81 bits per heavy atom. The molecule has 0 bridgehead atoms. The van der Waals surface area contributed by atoms with Gasteiger partial charge in [-0.2, -0.15) is 0 Å². The predicted molar refractivity (Wildman–Crippen MR) is 121 cm³/mol. The average molecular weight is 507 g/mol. The van der Waals surface area contributed by atoms with Crippen molar-refractivity contribution < 1.29 is 13.7 Å². The number of nitrogens with one attached hydrogen (secondary N) is 2. The number of ether oxygens (including phenoxy) is 2. The molecular weight excluding hydrogens is 477 g/mol. The summed E-state index contributed by atoms with van der Waals surface area (Å²) in [4.78, 5) is 4.32. The maximum atomic E-state index is 12.1. The summed E-state index contributed by atoms with van der Waals surface area (Å²) in [6, 6.07) is 8.04. The zero-order valence-electron chi connectivity index (χ0n) is 16.0. The highest BCUT2D eigenvalue weighted by Crippen LogP contribution is 2.30. The molecule has 8 heteroatoms. The quantitative estimate of drug-likeness (QED) is 0.365. The van der Waals surface area contributed by atoms with E-state index in [0.29, 0.717) is 24.4 Å². The summed E-state index contributed by atoms with van der Waals surface area (Å²) in [6.07, 6.45) is 4.15.